The molecular weight excluding hydrogens is 176 g/mol. The average Bonchev–Trinajstić information content (AvgIpc) is 2.20. The van der Waals surface area contributed by atoms with Gasteiger partial charge >= 0.3 is 0 Å². The molecule has 0 spiro atoms. The van der Waals surface area contributed by atoms with Gasteiger partial charge in [0.25, 0.3) is 0 Å². The number of nitrogens with one attached hydrogen (secondary N) is 1. The molecule has 0 bridgehead atoms. The van der Waals surface area contributed by atoms with E-state index in [0.29, 0.717) is 0 Å². The van der Waals surface area contributed by atoms with Crippen molar-refractivity contribution in [2.24, 2.45) is 16.8 Å². The third-order valence-corrected chi connectivity index (χ3v) is 2.13. The van der Waals surface area contributed by atoms with Crippen molar-refractivity contribution in [1.82, 2.24) is 5.43 Å². The molecule has 1 aromatic carbocycles. The fraction of sp³-hybridized carbons (Fsp3) is 0.300. The van der Waals surface area contributed by atoms with E-state index >= 15 is 0 Å². The number of hydrogen-bond donors (Lipinski definition) is 3. The second-order valence-corrected chi connectivity index (χ2v) is 3.61. The van der Waals surface area contributed by atoms with Crippen LogP contribution in [-0.4, -0.2) is 11.3 Å². The standard InChI is InChI=1S/C10H16N4/c1-10(2,14-12)9(13-11)8-6-4-3-5-7-8/h3-7,14H,11-12H2,1-2H3. The molecule has 1 rings (SSSR count). The van der Waals surface area contributed by atoms with Crippen LogP contribution in [0.25, 0.3) is 0 Å². The van der Waals surface area contributed by atoms with Gasteiger partial charge in [-0.05, 0) is 19.4 Å². The Morgan fingerprint density at radius 3 is 2.29 bits per heavy atom. The second kappa shape index (κ2) is 4.21. The summed E-state index contributed by atoms with van der Waals surface area (Å²) >= 11 is 0. The lowest BCUT2D eigenvalue weighted by atomic mass is 9.93. The Hall–Kier alpha value is -1.39. The van der Waals surface area contributed by atoms with Gasteiger partial charge in [0.05, 0.1) is 11.3 Å². The van der Waals surface area contributed by atoms with Gasteiger partial charge in [0.15, 0.2) is 0 Å². The Labute approximate surface area is 84.0 Å². The molecule has 0 unspecified atom stereocenters. The van der Waals surface area contributed by atoms with E-state index in [1.165, 1.54) is 0 Å². The lowest BCUT2D eigenvalue weighted by molar-refractivity contribution is 0.523. The zero-order chi connectivity index (χ0) is 10.6. The molecular formula is C10H16N4. The van der Waals surface area contributed by atoms with Crippen LogP contribution in [0.15, 0.2) is 35.4 Å². The predicted molar refractivity (Wildman–Crippen MR) is 58.6 cm³/mol. The summed E-state index contributed by atoms with van der Waals surface area (Å²) in [6.45, 7) is 3.84. The van der Waals surface area contributed by atoms with Crippen LogP contribution in [0.5, 0.6) is 0 Å². The Bertz CT molecular complexity index is 316. The highest BCUT2D eigenvalue weighted by molar-refractivity contribution is 6.06. The van der Waals surface area contributed by atoms with Crippen LogP contribution in [0.3, 0.4) is 0 Å². The van der Waals surface area contributed by atoms with Gasteiger partial charge in [-0.2, -0.15) is 5.10 Å². The van der Waals surface area contributed by atoms with E-state index in [2.05, 4.69) is 10.5 Å². The highest BCUT2D eigenvalue weighted by atomic mass is 15.3. The summed E-state index contributed by atoms with van der Waals surface area (Å²) in [7, 11) is 0. The smallest absolute Gasteiger partial charge is 0.0880 e. The third-order valence-electron chi connectivity index (χ3n) is 2.13. The molecule has 0 aromatic heterocycles. The number of hydrazone groups is 1. The van der Waals surface area contributed by atoms with E-state index in [-0.39, 0.29) is 0 Å². The highest BCUT2D eigenvalue weighted by Crippen LogP contribution is 2.12. The first kappa shape index (κ1) is 10.7. The van der Waals surface area contributed by atoms with Crippen LogP contribution in [0.1, 0.15) is 19.4 Å². The van der Waals surface area contributed by atoms with E-state index in [4.69, 9.17) is 11.7 Å². The molecule has 0 aliphatic rings. The zero-order valence-corrected chi connectivity index (χ0v) is 8.49. The van der Waals surface area contributed by atoms with Crippen molar-refractivity contribution in [2.75, 3.05) is 0 Å². The number of rotatable bonds is 3. The molecule has 0 radical (unpaired) electrons. The maximum absolute atomic E-state index is 5.43. The van der Waals surface area contributed by atoms with Crippen molar-refractivity contribution >= 4 is 5.71 Å². The highest BCUT2D eigenvalue weighted by Gasteiger charge is 2.24. The summed E-state index contributed by atoms with van der Waals surface area (Å²) in [6.07, 6.45) is 0. The van der Waals surface area contributed by atoms with E-state index in [1.807, 2.05) is 44.2 Å². The number of benzene rings is 1. The molecule has 4 nitrogen and oxygen atoms in total. The van der Waals surface area contributed by atoms with Crippen LogP contribution in [-0.2, 0) is 0 Å². The molecule has 0 aliphatic heterocycles. The van der Waals surface area contributed by atoms with E-state index in [1.54, 1.807) is 0 Å². The molecule has 0 saturated carbocycles. The minimum Gasteiger partial charge on any atom is -0.323 e. The molecule has 14 heavy (non-hydrogen) atoms. The third kappa shape index (κ3) is 2.10. The Balaban J connectivity index is 3.07. The summed E-state index contributed by atoms with van der Waals surface area (Å²) < 4.78 is 0. The van der Waals surface area contributed by atoms with Crippen molar-refractivity contribution in [3.63, 3.8) is 0 Å². The van der Waals surface area contributed by atoms with Crippen molar-refractivity contribution in [1.29, 1.82) is 0 Å². The number of nitrogens with zero attached hydrogens (tertiary/aromatic N) is 1. The monoisotopic (exact) mass is 192 g/mol. The molecule has 0 aliphatic carbocycles. The molecule has 4 heteroatoms. The van der Waals surface area contributed by atoms with Gasteiger partial charge in [-0.15, -0.1) is 0 Å². The van der Waals surface area contributed by atoms with Crippen LogP contribution in [0.4, 0.5) is 0 Å². The van der Waals surface area contributed by atoms with E-state index in [0.717, 1.165) is 11.3 Å². The maximum atomic E-state index is 5.43. The number of nitrogens with two attached hydrogens (primary N) is 2. The summed E-state index contributed by atoms with van der Waals surface area (Å²) in [5, 5.41) is 3.77. The molecule has 0 atom stereocenters. The molecule has 1 aromatic rings. The number of hydrazine groups is 1. The molecule has 76 valence electrons. The molecule has 0 heterocycles. The largest absolute Gasteiger partial charge is 0.323 e. The summed E-state index contributed by atoms with van der Waals surface area (Å²) in [5.74, 6) is 10.8. The van der Waals surface area contributed by atoms with Gasteiger partial charge in [0.2, 0.25) is 0 Å². The average molecular weight is 192 g/mol. The molecule has 0 fully saturated rings. The van der Waals surface area contributed by atoms with E-state index in [9.17, 15) is 0 Å². The lowest BCUT2D eigenvalue weighted by Crippen LogP contribution is -2.51. The SMILES string of the molecule is CC(C)(NN)C(=NN)c1ccccc1. The van der Waals surface area contributed by atoms with Gasteiger partial charge in [0.1, 0.15) is 0 Å². The van der Waals surface area contributed by atoms with Gasteiger partial charge < -0.3 is 5.84 Å². The van der Waals surface area contributed by atoms with Crippen molar-refractivity contribution in [3.05, 3.63) is 35.9 Å². The van der Waals surface area contributed by atoms with Gasteiger partial charge in [-0.25, -0.2) is 5.43 Å². The first-order valence-corrected chi connectivity index (χ1v) is 4.43. The fourth-order valence-electron chi connectivity index (χ4n) is 1.26. The first-order valence-electron chi connectivity index (χ1n) is 4.43. The second-order valence-electron chi connectivity index (χ2n) is 3.61. The normalized spacial score (nSPS) is 12.9. The van der Waals surface area contributed by atoms with Gasteiger partial charge in [-0.3, -0.25) is 5.84 Å². The van der Waals surface area contributed by atoms with Gasteiger partial charge in [0, 0.05) is 0 Å². The fourth-order valence-corrected chi connectivity index (χ4v) is 1.26. The van der Waals surface area contributed by atoms with Crippen LogP contribution < -0.4 is 17.1 Å². The topological polar surface area (TPSA) is 76.4 Å². The van der Waals surface area contributed by atoms with Gasteiger partial charge in [-0.1, -0.05) is 30.3 Å². The first-order chi connectivity index (χ1) is 6.61. The minimum absolute atomic E-state index is 0.434. The van der Waals surface area contributed by atoms with Crippen LogP contribution >= 0.6 is 0 Å². The van der Waals surface area contributed by atoms with Crippen molar-refractivity contribution < 1.29 is 0 Å². The lowest BCUT2D eigenvalue weighted by Gasteiger charge is -2.25. The number of hydrogen-bond acceptors (Lipinski definition) is 4. The summed E-state index contributed by atoms with van der Waals surface area (Å²) in [5.41, 5.74) is 3.95. The molecule has 0 amide bonds. The Morgan fingerprint density at radius 2 is 1.86 bits per heavy atom. The predicted octanol–water partition coefficient (Wildman–Crippen LogP) is 0.591. The van der Waals surface area contributed by atoms with Crippen molar-refractivity contribution in [3.8, 4) is 0 Å². The van der Waals surface area contributed by atoms with E-state index < -0.39 is 5.54 Å². The zero-order valence-electron chi connectivity index (χ0n) is 8.49. The quantitative estimate of drug-likeness (QED) is 0.373. The van der Waals surface area contributed by atoms with Crippen molar-refractivity contribution in [2.45, 2.75) is 19.4 Å². The summed E-state index contributed by atoms with van der Waals surface area (Å²) in [4.78, 5) is 0. The van der Waals surface area contributed by atoms with Crippen LogP contribution in [0, 0.1) is 0 Å². The summed E-state index contributed by atoms with van der Waals surface area (Å²) in [6, 6.07) is 9.72. The molecule has 5 N–H and O–H groups in total. The maximum Gasteiger partial charge on any atom is 0.0880 e. The Morgan fingerprint density at radius 1 is 1.29 bits per heavy atom. The van der Waals surface area contributed by atoms with Crippen LogP contribution in [0.2, 0.25) is 0 Å². The minimum atomic E-state index is -0.434. The Kier molecular flexibility index (Phi) is 3.22. The molecule has 0 saturated heterocycles.